The molecule has 0 saturated carbocycles. The topological polar surface area (TPSA) is 38.3 Å². The maximum Gasteiger partial charge on any atom is 0.224 e. The molecule has 0 fully saturated rings. The molecule has 0 unspecified atom stereocenters. The Morgan fingerprint density at radius 3 is 2.55 bits per heavy atom. The van der Waals surface area contributed by atoms with Crippen LogP contribution < -0.4 is 10.1 Å². The van der Waals surface area contributed by atoms with Crippen LogP contribution in [0.2, 0.25) is 0 Å². The Morgan fingerprint density at radius 2 is 1.86 bits per heavy atom. The van der Waals surface area contributed by atoms with Gasteiger partial charge in [-0.3, -0.25) is 4.79 Å². The zero-order valence-corrected chi connectivity index (χ0v) is 13.4. The lowest BCUT2D eigenvalue weighted by Gasteiger charge is -2.15. The van der Waals surface area contributed by atoms with Crippen molar-refractivity contribution in [3.63, 3.8) is 0 Å². The maximum atomic E-state index is 12.1. The van der Waals surface area contributed by atoms with Gasteiger partial charge in [-0.15, -0.1) is 0 Å². The van der Waals surface area contributed by atoms with Gasteiger partial charge in [-0.2, -0.15) is 0 Å². The summed E-state index contributed by atoms with van der Waals surface area (Å²) in [6.07, 6.45) is 0.405. The first-order valence-electron chi connectivity index (χ1n) is 7.58. The lowest BCUT2D eigenvalue weighted by molar-refractivity contribution is -0.121. The van der Waals surface area contributed by atoms with E-state index < -0.39 is 0 Å². The van der Waals surface area contributed by atoms with Crippen molar-refractivity contribution in [1.82, 2.24) is 5.32 Å². The van der Waals surface area contributed by atoms with Gasteiger partial charge in [0, 0.05) is 0 Å². The largest absolute Gasteiger partial charge is 0.491 e. The molecule has 0 saturated heterocycles. The first-order valence-corrected chi connectivity index (χ1v) is 7.58. The van der Waals surface area contributed by atoms with Gasteiger partial charge in [-0.1, -0.05) is 42.0 Å². The van der Waals surface area contributed by atoms with E-state index in [-0.39, 0.29) is 11.9 Å². The van der Waals surface area contributed by atoms with E-state index in [1.165, 1.54) is 5.56 Å². The summed E-state index contributed by atoms with van der Waals surface area (Å²) in [5.74, 6) is 0.842. The number of carbonyl (C=O) groups is 1. The first kappa shape index (κ1) is 16.1. The molecule has 0 heterocycles. The Balaban J connectivity index is 1.81. The maximum absolute atomic E-state index is 12.1. The van der Waals surface area contributed by atoms with E-state index >= 15 is 0 Å². The molecule has 2 aromatic rings. The number of para-hydroxylation sites is 1. The second-order valence-electron chi connectivity index (χ2n) is 5.70. The van der Waals surface area contributed by atoms with E-state index in [1.807, 2.05) is 56.3 Å². The van der Waals surface area contributed by atoms with E-state index in [9.17, 15) is 4.79 Å². The molecule has 2 aromatic carbocycles. The highest BCUT2D eigenvalue weighted by Crippen LogP contribution is 2.11. The molecule has 0 aliphatic rings. The van der Waals surface area contributed by atoms with Crippen LogP contribution in [0.3, 0.4) is 0 Å². The van der Waals surface area contributed by atoms with Crippen LogP contribution in [0.5, 0.6) is 5.75 Å². The van der Waals surface area contributed by atoms with Crippen LogP contribution in [-0.4, -0.2) is 18.6 Å². The Bertz CT molecular complexity index is 623. The number of benzene rings is 2. The van der Waals surface area contributed by atoms with Crippen LogP contribution in [0, 0.1) is 13.8 Å². The standard InChI is InChI=1S/C19H23NO2/c1-14-9-10-17(15(2)11-14)12-19(21)20-16(3)13-22-18-7-5-4-6-8-18/h4-11,16H,12-13H2,1-3H3,(H,20,21)/t16-/m1/s1. The fraction of sp³-hybridized carbons (Fsp3) is 0.316. The van der Waals surface area contributed by atoms with Crippen LogP contribution in [0.25, 0.3) is 0 Å². The summed E-state index contributed by atoms with van der Waals surface area (Å²) in [6.45, 7) is 6.50. The Kier molecular flexibility index (Phi) is 5.59. The van der Waals surface area contributed by atoms with E-state index in [2.05, 4.69) is 18.3 Å². The number of amides is 1. The molecular formula is C19H23NO2. The molecule has 3 nitrogen and oxygen atoms in total. The molecule has 1 N–H and O–H groups in total. The number of ether oxygens (including phenoxy) is 1. The average molecular weight is 297 g/mol. The predicted molar refractivity (Wildman–Crippen MR) is 89.2 cm³/mol. The minimum Gasteiger partial charge on any atom is -0.491 e. The van der Waals surface area contributed by atoms with Crippen molar-refractivity contribution in [2.75, 3.05) is 6.61 Å². The van der Waals surface area contributed by atoms with Crippen LogP contribution in [0.4, 0.5) is 0 Å². The zero-order valence-electron chi connectivity index (χ0n) is 13.4. The third-order valence-electron chi connectivity index (χ3n) is 3.50. The second kappa shape index (κ2) is 7.64. The van der Waals surface area contributed by atoms with Crippen molar-refractivity contribution in [1.29, 1.82) is 0 Å². The molecular weight excluding hydrogens is 274 g/mol. The lowest BCUT2D eigenvalue weighted by Crippen LogP contribution is -2.37. The Labute approximate surface area is 132 Å². The van der Waals surface area contributed by atoms with Gasteiger partial charge in [-0.05, 0) is 44.0 Å². The van der Waals surface area contributed by atoms with Gasteiger partial charge in [0.2, 0.25) is 5.91 Å². The van der Waals surface area contributed by atoms with Crippen LogP contribution in [0.15, 0.2) is 48.5 Å². The van der Waals surface area contributed by atoms with Crippen molar-refractivity contribution in [2.24, 2.45) is 0 Å². The highest BCUT2D eigenvalue weighted by molar-refractivity contribution is 5.79. The van der Waals surface area contributed by atoms with Crippen molar-refractivity contribution in [2.45, 2.75) is 33.2 Å². The fourth-order valence-corrected chi connectivity index (χ4v) is 2.32. The highest BCUT2D eigenvalue weighted by atomic mass is 16.5. The third kappa shape index (κ3) is 4.92. The average Bonchev–Trinajstić information content (AvgIpc) is 2.49. The normalized spacial score (nSPS) is 11.8. The minimum atomic E-state index is -0.0292. The van der Waals surface area contributed by atoms with Gasteiger partial charge in [0.1, 0.15) is 12.4 Å². The molecule has 0 bridgehead atoms. The summed E-state index contributed by atoms with van der Waals surface area (Å²) in [7, 11) is 0. The molecule has 0 aliphatic heterocycles. The number of rotatable bonds is 6. The number of hydrogen-bond acceptors (Lipinski definition) is 2. The minimum absolute atomic E-state index is 0.0242. The molecule has 0 radical (unpaired) electrons. The van der Waals surface area contributed by atoms with Crippen LogP contribution in [-0.2, 0) is 11.2 Å². The summed E-state index contributed by atoms with van der Waals surface area (Å²) in [4.78, 5) is 12.1. The molecule has 0 aliphatic carbocycles. The molecule has 0 aromatic heterocycles. The smallest absolute Gasteiger partial charge is 0.224 e. The predicted octanol–water partition coefficient (Wildman–Crippen LogP) is 3.43. The number of aryl methyl sites for hydroxylation is 2. The van der Waals surface area contributed by atoms with Gasteiger partial charge in [-0.25, -0.2) is 0 Å². The van der Waals surface area contributed by atoms with Crippen molar-refractivity contribution >= 4 is 5.91 Å². The van der Waals surface area contributed by atoms with E-state index in [1.54, 1.807) is 0 Å². The first-order chi connectivity index (χ1) is 10.5. The summed E-state index contributed by atoms with van der Waals surface area (Å²) >= 11 is 0. The van der Waals surface area contributed by atoms with Crippen molar-refractivity contribution in [3.8, 4) is 5.75 Å². The van der Waals surface area contributed by atoms with E-state index in [4.69, 9.17) is 4.74 Å². The van der Waals surface area contributed by atoms with Crippen molar-refractivity contribution in [3.05, 3.63) is 65.2 Å². The van der Waals surface area contributed by atoms with Gasteiger partial charge < -0.3 is 10.1 Å². The Hall–Kier alpha value is -2.29. The quantitative estimate of drug-likeness (QED) is 0.887. The number of carbonyl (C=O) groups excluding carboxylic acids is 1. The molecule has 22 heavy (non-hydrogen) atoms. The SMILES string of the molecule is Cc1ccc(CC(=O)N[C@H](C)COc2ccccc2)c(C)c1. The second-order valence-corrected chi connectivity index (χ2v) is 5.70. The van der Waals surface area contributed by atoms with E-state index in [0.717, 1.165) is 16.9 Å². The number of nitrogens with one attached hydrogen (secondary N) is 1. The van der Waals surface area contributed by atoms with Gasteiger partial charge in [0.15, 0.2) is 0 Å². The summed E-state index contributed by atoms with van der Waals surface area (Å²) in [5, 5.41) is 2.98. The lowest BCUT2D eigenvalue weighted by atomic mass is 10.0. The third-order valence-corrected chi connectivity index (χ3v) is 3.50. The highest BCUT2D eigenvalue weighted by Gasteiger charge is 2.10. The van der Waals surface area contributed by atoms with Gasteiger partial charge in [0.05, 0.1) is 12.5 Å². The fourth-order valence-electron chi connectivity index (χ4n) is 2.32. The molecule has 1 atom stereocenters. The molecule has 116 valence electrons. The van der Waals surface area contributed by atoms with Gasteiger partial charge >= 0.3 is 0 Å². The summed E-state index contributed by atoms with van der Waals surface area (Å²) < 4.78 is 5.64. The van der Waals surface area contributed by atoms with Gasteiger partial charge in [0.25, 0.3) is 0 Å². The molecule has 0 spiro atoms. The summed E-state index contributed by atoms with van der Waals surface area (Å²) in [6, 6.07) is 15.8. The molecule has 1 amide bonds. The van der Waals surface area contributed by atoms with Crippen LogP contribution in [0.1, 0.15) is 23.6 Å². The Morgan fingerprint density at radius 1 is 1.14 bits per heavy atom. The van der Waals surface area contributed by atoms with Crippen molar-refractivity contribution < 1.29 is 9.53 Å². The molecule has 2 rings (SSSR count). The van der Waals surface area contributed by atoms with E-state index in [0.29, 0.717) is 13.0 Å². The number of hydrogen-bond donors (Lipinski definition) is 1. The summed E-state index contributed by atoms with van der Waals surface area (Å²) in [5.41, 5.74) is 3.44. The zero-order chi connectivity index (χ0) is 15.9. The molecule has 3 heteroatoms. The van der Waals surface area contributed by atoms with Crippen LogP contribution >= 0.6 is 0 Å². The monoisotopic (exact) mass is 297 g/mol.